The summed E-state index contributed by atoms with van der Waals surface area (Å²) in [5, 5.41) is 0. The SMILES string of the molecule is CC(C)c1ncc(NN)c(C(=O)N(C)C2CCOC2C)n1. The molecule has 2 heterocycles. The number of nitrogens with two attached hydrogens (primary N) is 1. The number of hydrogen-bond donors (Lipinski definition) is 2. The Morgan fingerprint density at radius 2 is 2.29 bits per heavy atom. The number of nitrogens with zero attached hydrogens (tertiary/aromatic N) is 3. The molecule has 7 heteroatoms. The third-order valence-electron chi connectivity index (χ3n) is 3.84. The molecule has 1 fully saturated rings. The molecule has 0 bridgehead atoms. The predicted octanol–water partition coefficient (Wildman–Crippen LogP) is 1.13. The Bertz CT molecular complexity index is 520. The fraction of sp³-hybridized carbons (Fsp3) is 0.643. The van der Waals surface area contributed by atoms with Crippen LogP contribution in [0.5, 0.6) is 0 Å². The minimum atomic E-state index is -0.172. The molecular weight excluding hydrogens is 270 g/mol. The summed E-state index contributed by atoms with van der Waals surface area (Å²) in [6, 6.07) is 0.0561. The third-order valence-corrected chi connectivity index (χ3v) is 3.84. The van der Waals surface area contributed by atoms with Crippen LogP contribution < -0.4 is 11.3 Å². The highest BCUT2D eigenvalue weighted by atomic mass is 16.5. The van der Waals surface area contributed by atoms with Gasteiger partial charge in [0.25, 0.3) is 5.91 Å². The second kappa shape index (κ2) is 6.36. The summed E-state index contributed by atoms with van der Waals surface area (Å²) in [5.41, 5.74) is 3.23. The van der Waals surface area contributed by atoms with Crippen molar-refractivity contribution in [3.63, 3.8) is 0 Å². The normalized spacial score (nSPS) is 21.6. The molecule has 2 unspecified atom stereocenters. The highest BCUT2D eigenvalue weighted by molar-refractivity contribution is 5.97. The summed E-state index contributed by atoms with van der Waals surface area (Å²) >= 11 is 0. The number of rotatable bonds is 4. The number of ether oxygens (including phenoxy) is 1. The zero-order valence-corrected chi connectivity index (χ0v) is 13.0. The van der Waals surface area contributed by atoms with Gasteiger partial charge in [-0.1, -0.05) is 13.8 Å². The molecule has 2 rings (SSSR count). The van der Waals surface area contributed by atoms with Crippen molar-refractivity contribution in [2.24, 2.45) is 5.84 Å². The minimum Gasteiger partial charge on any atom is -0.376 e. The van der Waals surface area contributed by atoms with Crippen LogP contribution in [0, 0.1) is 0 Å². The molecule has 2 atom stereocenters. The number of carbonyl (C=O) groups excluding carboxylic acids is 1. The van der Waals surface area contributed by atoms with Gasteiger partial charge in [-0.3, -0.25) is 10.6 Å². The predicted molar refractivity (Wildman–Crippen MR) is 79.8 cm³/mol. The largest absolute Gasteiger partial charge is 0.376 e. The number of hydrazine groups is 1. The number of aromatic nitrogens is 2. The van der Waals surface area contributed by atoms with Crippen molar-refractivity contribution in [3.05, 3.63) is 17.7 Å². The lowest BCUT2D eigenvalue weighted by Gasteiger charge is -2.27. The minimum absolute atomic E-state index is 0.0274. The first-order chi connectivity index (χ1) is 9.95. The highest BCUT2D eigenvalue weighted by Gasteiger charge is 2.32. The van der Waals surface area contributed by atoms with Crippen LogP contribution >= 0.6 is 0 Å². The molecule has 7 nitrogen and oxygen atoms in total. The summed E-state index contributed by atoms with van der Waals surface area (Å²) in [7, 11) is 1.77. The van der Waals surface area contributed by atoms with Crippen molar-refractivity contribution in [3.8, 4) is 0 Å². The monoisotopic (exact) mass is 293 g/mol. The van der Waals surface area contributed by atoms with Crippen LogP contribution in [0.3, 0.4) is 0 Å². The molecule has 1 aromatic rings. The van der Waals surface area contributed by atoms with Crippen LogP contribution in [-0.2, 0) is 4.74 Å². The van der Waals surface area contributed by atoms with Crippen molar-refractivity contribution in [1.82, 2.24) is 14.9 Å². The van der Waals surface area contributed by atoms with Gasteiger partial charge in [-0.05, 0) is 13.3 Å². The lowest BCUT2D eigenvalue weighted by Crippen LogP contribution is -2.41. The Kier molecular flexibility index (Phi) is 4.74. The number of amides is 1. The molecule has 0 spiro atoms. The first-order valence-electron chi connectivity index (χ1n) is 7.18. The second-order valence-corrected chi connectivity index (χ2v) is 5.64. The maximum atomic E-state index is 12.7. The first kappa shape index (κ1) is 15.7. The molecule has 0 saturated carbocycles. The van der Waals surface area contributed by atoms with Crippen LogP contribution in [0.25, 0.3) is 0 Å². The van der Waals surface area contributed by atoms with Crippen molar-refractivity contribution < 1.29 is 9.53 Å². The fourth-order valence-electron chi connectivity index (χ4n) is 2.49. The molecule has 1 saturated heterocycles. The first-order valence-corrected chi connectivity index (χ1v) is 7.18. The van der Waals surface area contributed by atoms with E-state index in [0.717, 1.165) is 6.42 Å². The molecule has 0 radical (unpaired) electrons. The highest BCUT2D eigenvalue weighted by Crippen LogP contribution is 2.22. The molecule has 21 heavy (non-hydrogen) atoms. The number of carbonyl (C=O) groups is 1. The molecule has 1 amide bonds. The van der Waals surface area contributed by atoms with E-state index >= 15 is 0 Å². The Labute approximate surface area is 124 Å². The number of anilines is 1. The molecular formula is C14H23N5O2. The lowest BCUT2D eigenvalue weighted by atomic mass is 10.1. The van der Waals surface area contributed by atoms with Gasteiger partial charge in [0.15, 0.2) is 5.69 Å². The van der Waals surface area contributed by atoms with E-state index < -0.39 is 0 Å². The lowest BCUT2D eigenvalue weighted by molar-refractivity contribution is 0.0570. The van der Waals surface area contributed by atoms with Gasteiger partial charge in [0.05, 0.1) is 24.0 Å². The quantitative estimate of drug-likeness (QED) is 0.638. The van der Waals surface area contributed by atoms with Gasteiger partial charge in [-0.2, -0.15) is 0 Å². The number of hydrogen-bond acceptors (Lipinski definition) is 6. The molecule has 1 aliphatic rings. The summed E-state index contributed by atoms with van der Waals surface area (Å²) < 4.78 is 5.52. The molecule has 3 N–H and O–H groups in total. The number of nitrogens with one attached hydrogen (secondary N) is 1. The van der Waals surface area contributed by atoms with Gasteiger partial charge in [0, 0.05) is 19.6 Å². The Balaban J connectivity index is 2.30. The van der Waals surface area contributed by atoms with E-state index in [1.165, 1.54) is 0 Å². The molecule has 0 aliphatic carbocycles. The van der Waals surface area contributed by atoms with Gasteiger partial charge in [0.1, 0.15) is 5.82 Å². The fourth-order valence-corrected chi connectivity index (χ4v) is 2.49. The smallest absolute Gasteiger partial charge is 0.274 e. The van der Waals surface area contributed by atoms with Crippen LogP contribution in [0.2, 0.25) is 0 Å². The van der Waals surface area contributed by atoms with Crippen molar-refractivity contribution in [1.29, 1.82) is 0 Å². The van der Waals surface area contributed by atoms with Gasteiger partial charge in [-0.25, -0.2) is 9.97 Å². The van der Waals surface area contributed by atoms with E-state index in [-0.39, 0.29) is 24.0 Å². The Hall–Kier alpha value is -1.73. The molecule has 1 aliphatic heterocycles. The van der Waals surface area contributed by atoms with Crippen molar-refractivity contribution in [2.45, 2.75) is 45.3 Å². The zero-order valence-electron chi connectivity index (χ0n) is 13.0. The number of likely N-dealkylation sites (N-methyl/N-ethyl adjacent to an activating group) is 1. The standard InChI is InChI=1S/C14H23N5O2/c1-8(2)13-16-7-10(18-15)12(17-13)14(20)19(4)11-5-6-21-9(11)3/h7-9,11,18H,5-6,15H2,1-4H3. The topological polar surface area (TPSA) is 93.4 Å². The average molecular weight is 293 g/mol. The maximum absolute atomic E-state index is 12.7. The molecule has 116 valence electrons. The Morgan fingerprint density at radius 1 is 1.57 bits per heavy atom. The van der Waals surface area contributed by atoms with E-state index in [0.29, 0.717) is 23.8 Å². The van der Waals surface area contributed by atoms with E-state index in [1.807, 2.05) is 20.8 Å². The summed E-state index contributed by atoms with van der Waals surface area (Å²) in [5.74, 6) is 6.07. The van der Waals surface area contributed by atoms with Crippen LogP contribution in [0.15, 0.2) is 6.20 Å². The second-order valence-electron chi connectivity index (χ2n) is 5.64. The van der Waals surface area contributed by atoms with Crippen LogP contribution in [-0.4, -0.2) is 46.6 Å². The average Bonchev–Trinajstić information content (AvgIpc) is 2.91. The van der Waals surface area contributed by atoms with Gasteiger partial charge in [-0.15, -0.1) is 0 Å². The van der Waals surface area contributed by atoms with E-state index in [1.54, 1.807) is 18.1 Å². The molecule has 0 aromatic carbocycles. The summed E-state index contributed by atoms with van der Waals surface area (Å²) in [6.07, 6.45) is 2.41. The third kappa shape index (κ3) is 3.14. The van der Waals surface area contributed by atoms with Crippen LogP contribution in [0.4, 0.5) is 5.69 Å². The van der Waals surface area contributed by atoms with Gasteiger partial charge in [0.2, 0.25) is 0 Å². The van der Waals surface area contributed by atoms with Gasteiger partial charge >= 0.3 is 0 Å². The maximum Gasteiger partial charge on any atom is 0.274 e. The molecule has 1 aromatic heterocycles. The van der Waals surface area contributed by atoms with E-state index in [2.05, 4.69) is 15.4 Å². The van der Waals surface area contributed by atoms with Crippen LogP contribution in [0.1, 0.15) is 49.4 Å². The number of nitrogen functional groups attached to an aromatic ring is 1. The van der Waals surface area contributed by atoms with E-state index in [4.69, 9.17) is 10.6 Å². The Morgan fingerprint density at radius 3 is 2.81 bits per heavy atom. The summed E-state index contributed by atoms with van der Waals surface area (Å²) in [4.78, 5) is 23.0. The van der Waals surface area contributed by atoms with Crippen molar-refractivity contribution in [2.75, 3.05) is 19.1 Å². The van der Waals surface area contributed by atoms with E-state index in [9.17, 15) is 4.79 Å². The van der Waals surface area contributed by atoms with Gasteiger partial charge < -0.3 is 15.1 Å². The summed E-state index contributed by atoms with van der Waals surface area (Å²) in [6.45, 7) is 6.61. The van der Waals surface area contributed by atoms with Crippen molar-refractivity contribution >= 4 is 11.6 Å². The zero-order chi connectivity index (χ0) is 15.6.